The maximum atomic E-state index is 2.45. The molecule has 0 bridgehead atoms. The van der Waals surface area contributed by atoms with Gasteiger partial charge in [0.1, 0.15) is 0 Å². The van der Waals surface area contributed by atoms with E-state index in [1.165, 1.54) is 75.8 Å². The van der Waals surface area contributed by atoms with Crippen LogP contribution in [0.15, 0.2) is 133 Å². The highest BCUT2D eigenvalue weighted by Crippen LogP contribution is 2.63. The van der Waals surface area contributed by atoms with Crippen molar-refractivity contribution < 1.29 is 0 Å². The van der Waals surface area contributed by atoms with Crippen molar-refractivity contribution in [3.8, 4) is 33.4 Å². The molecule has 0 radical (unpaired) electrons. The quantitative estimate of drug-likeness (QED) is 0.211. The Balaban J connectivity index is 1.36. The average Bonchev–Trinajstić information content (AvgIpc) is 3.61. The third-order valence-corrected chi connectivity index (χ3v) is 9.93. The summed E-state index contributed by atoms with van der Waals surface area (Å²) in [7, 11) is 0. The zero-order valence-electron chi connectivity index (χ0n) is 20.6. The zero-order chi connectivity index (χ0) is 24.8. The average molecular weight is 499 g/mol. The summed E-state index contributed by atoms with van der Waals surface area (Å²) in [6.45, 7) is 0. The van der Waals surface area contributed by atoms with E-state index in [0.717, 1.165) is 0 Å². The van der Waals surface area contributed by atoms with Gasteiger partial charge in [0, 0.05) is 20.2 Å². The molecule has 6 aromatic carbocycles. The van der Waals surface area contributed by atoms with E-state index in [0.29, 0.717) is 0 Å². The number of thiophene rings is 1. The second-order valence-electron chi connectivity index (χ2n) is 10.4. The molecule has 0 atom stereocenters. The summed E-state index contributed by atoms with van der Waals surface area (Å²) in [4.78, 5) is 0. The molecule has 1 heterocycles. The predicted molar refractivity (Wildman–Crippen MR) is 161 cm³/mol. The molecule has 1 spiro atoms. The van der Waals surface area contributed by atoms with Crippen molar-refractivity contribution in [2.45, 2.75) is 5.41 Å². The molecule has 0 N–H and O–H groups in total. The van der Waals surface area contributed by atoms with Gasteiger partial charge in [-0.15, -0.1) is 11.3 Å². The fraction of sp³-hybridized carbons (Fsp3) is 0.0270. The highest BCUT2D eigenvalue weighted by Gasteiger charge is 2.51. The highest BCUT2D eigenvalue weighted by atomic mass is 32.1. The molecule has 0 amide bonds. The molecule has 0 unspecified atom stereocenters. The van der Waals surface area contributed by atoms with Gasteiger partial charge in [-0.05, 0) is 67.8 Å². The lowest BCUT2D eigenvalue weighted by Crippen LogP contribution is -2.25. The minimum atomic E-state index is -0.277. The lowest BCUT2D eigenvalue weighted by Gasteiger charge is -2.30. The summed E-state index contributed by atoms with van der Waals surface area (Å²) in [5.74, 6) is 0. The minimum absolute atomic E-state index is 0.277. The number of fused-ring (bicyclic) bond motifs is 13. The Hall–Kier alpha value is -4.46. The molecule has 176 valence electrons. The molecule has 38 heavy (non-hydrogen) atoms. The van der Waals surface area contributed by atoms with Gasteiger partial charge in [0.2, 0.25) is 0 Å². The first-order valence-corrected chi connectivity index (χ1v) is 14.0. The Morgan fingerprint density at radius 3 is 1.63 bits per heavy atom. The van der Waals surface area contributed by atoms with Crippen LogP contribution >= 0.6 is 11.3 Å². The van der Waals surface area contributed by atoms with Crippen LogP contribution in [0.4, 0.5) is 0 Å². The molecule has 0 saturated carbocycles. The van der Waals surface area contributed by atoms with Gasteiger partial charge in [0.25, 0.3) is 0 Å². The van der Waals surface area contributed by atoms with Crippen LogP contribution in [0, 0.1) is 0 Å². The van der Waals surface area contributed by atoms with Gasteiger partial charge < -0.3 is 0 Å². The van der Waals surface area contributed by atoms with Gasteiger partial charge in [0.05, 0.1) is 5.41 Å². The molecule has 0 saturated heterocycles. The summed E-state index contributed by atoms with van der Waals surface area (Å²) in [6, 6.07) is 49.8. The number of rotatable bonds is 1. The zero-order valence-corrected chi connectivity index (χ0v) is 21.4. The molecule has 0 fully saturated rings. The Morgan fingerprint density at radius 1 is 0.395 bits per heavy atom. The van der Waals surface area contributed by atoms with Crippen molar-refractivity contribution in [2.24, 2.45) is 0 Å². The fourth-order valence-corrected chi connectivity index (χ4v) is 8.48. The minimum Gasteiger partial charge on any atom is -0.135 e. The van der Waals surface area contributed by atoms with Crippen molar-refractivity contribution in [2.75, 3.05) is 0 Å². The lowest BCUT2D eigenvalue weighted by atomic mass is 9.70. The van der Waals surface area contributed by atoms with Crippen LogP contribution in [-0.4, -0.2) is 0 Å². The molecule has 7 aromatic rings. The van der Waals surface area contributed by atoms with Gasteiger partial charge in [-0.25, -0.2) is 0 Å². The Bertz CT molecular complexity index is 2050. The second-order valence-corrected chi connectivity index (χ2v) is 11.5. The van der Waals surface area contributed by atoms with Crippen LogP contribution < -0.4 is 0 Å². The van der Waals surface area contributed by atoms with Crippen molar-refractivity contribution in [1.82, 2.24) is 0 Å². The molecular weight excluding hydrogens is 476 g/mol. The van der Waals surface area contributed by atoms with Crippen molar-refractivity contribution in [3.63, 3.8) is 0 Å². The third kappa shape index (κ3) is 2.41. The first-order valence-electron chi connectivity index (χ1n) is 13.2. The summed E-state index contributed by atoms with van der Waals surface area (Å²) in [5, 5.41) is 2.69. The van der Waals surface area contributed by atoms with E-state index in [9.17, 15) is 0 Å². The van der Waals surface area contributed by atoms with Crippen molar-refractivity contribution in [3.05, 3.63) is 156 Å². The van der Waals surface area contributed by atoms with E-state index >= 15 is 0 Å². The van der Waals surface area contributed by atoms with Gasteiger partial charge in [0.15, 0.2) is 0 Å². The molecule has 0 aliphatic heterocycles. The van der Waals surface area contributed by atoms with Gasteiger partial charge >= 0.3 is 0 Å². The molecule has 2 aliphatic carbocycles. The lowest BCUT2D eigenvalue weighted by molar-refractivity contribution is 0.794. The van der Waals surface area contributed by atoms with E-state index in [-0.39, 0.29) is 5.41 Å². The van der Waals surface area contributed by atoms with E-state index in [1.54, 1.807) is 0 Å². The maximum absolute atomic E-state index is 2.45. The predicted octanol–water partition coefficient (Wildman–Crippen LogP) is 10.1. The first kappa shape index (κ1) is 20.6. The number of hydrogen-bond acceptors (Lipinski definition) is 1. The maximum Gasteiger partial charge on any atom is 0.0725 e. The van der Waals surface area contributed by atoms with Crippen LogP contribution in [0.3, 0.4) is 0 Å². The smallest absolute Gasteiger partial charge is 0.0725 e. The SMILES string of the molecule is c1ccc2c(c1)-c1ccccc1C21c2ccccc2-c2cc(-c3cccc4c3sc3ccccc34)ccc21. The van der Waals surface area contributed by atoms with E-state index in [2.05, 4.69) is 133 Å². The Morgan fingerprint density at radius 2 is 0.921 bits per heavy atom. The van der Waals surface area contributed by atoms with Gasteiger partial charge in [-0.1, -0.05) is 121 Å². The molecule has 1 heteroatoms. The summed E-state index contributed by atoms with van der Waals surface area (Å²) < 4.78 is 2.71. The summed E-state index contributed by atoms with van der Waals surface area (Å²) in [6.07, 6.45) is 0. The van der Waals surface area contributed by atoms with Crippen LogP contribution in [0.1, 0.15) is 22.3 Å². The third-order valence-electron chi connectivity index (χ3n) is 8.71. The van der Waals surface area contributed by atoms with Crippen LogP contribution in [-0.2, 0) is 5.41 Å². The second kappa shape index (κ2) is 7.31. The molecule has 0 nitrogen and oxygen atoms in total. The van der Waals surface area contributed by atoms with E-state index < -0.39 is 0 Å². The summed E-state index contributed by atoms with van der Waals surface area (Å²) in [5.41, 5.74) is 13.3. The Kier molecular flexibility index (Phi) is 3.96. The molecular formula is C37H22S. The van der Waals surface area contributed by atoms with Crippen LogP contribution in [0.2, 0.25) is 0 Å². The number of benzene rings is 6. The Labute approximate surface area is 225 Å². The first-order chi connectivity index (χ1) is 18.9. The normalized spacial score (nSPS) is 14.0. The summed E-state index contributed by atoms with van der Waals surface area (Å²) >= 11 is 1.90. The fourth-order valence-electron chi connectivity index (χ4n) is 7.24. The van der Waals surface area contributed by atoms with E-state index in [4.69, 9.17) is 0 Å². The largest absolute Gasteiger partial charge is 0.135 e. The van der Waals surface area contributed by atoms with Crippen LogP contribution in [0.25, 0.3) is 53.6 Å². The monoisotopic (exact) mass is 498 g/mol. The standard InChI is InChI=1S/C37H22S/c1-5-16-31-25(10-1)26-11-2-6-17-32(26)37(31)33-18-7-3-12-27(33)30-22-23(20-21-34(30)37)24-14-9-15-29-28-13-4-8-19-35(28)38-36(24)29/h1-22H. The van der Waals surface area contributed by atoms with Gasteiger partial charge in [-0.2, -0.15) is 0 Å². The topological polar surface area (TPSA) is 0 Å². The van der Waals surface area contributed by atoms with Crippen molar-refractivity contribution in [1.29, 1.82) is 0 Å². The van der Waals surface area contributed by atoms with Gasteiger partial charge in [-0.3, -0.25) is 0 Å². The van der Waals surface area contributed by atoms with Crippen LogP contribution in [0.5, 0.6) is 0 Å². The highest BCUT2D eigenvalue weighted by molar-refractivity contribution is 7.26. The van der Waals surface area contributed by atoms with Crippen molar-refractivity contribution >= 4 is 31.5 Å². The molecule has 1 aromatic heterocycles. The molecule has 9 rings (SSSR count). The van der Waals surface area contributed by atoms with E-state index in [1.807, 2.05) is 11.3 Å². The number of hydrogen-bond donors (Lipinski definition) is 0. The molecule has 2 aliphatic rings.